The first kappa shape index (κ1) is 22.2. The molecule has 0 saturated carbocycles. The lowest BCUT2D eigenvalue weighted by Crippen LogP contribution is -2.24. The molecule has 2 aromatic rings. The van der Waals surface area contributed by atoms with Crippen molar-refractivity contribution in [2.24, 2.45) is 5.73 Å². The first-order chi connectivity index (χ1) is 10.7. The predicted octanol–water partition coefficient (Wildman–Crippen LogP) is 2.75. The van der Waals surface area contributed by atoms with Crippen molar-refractivity contribution >= 4 is 36.5 Å². The Balaban J connectivity index is 0.00000264. The number of carbonyl (C=O) groups is 1. The molecule has 134 valence electrons. The van der Waals surface area contributed by atoms with Gasteiger partial charge in [0.15, 0.2) is 0 Å². The summed E-state index contributed by atoms with van der Waals surface area (Å²) in [5.74, 6) is 1.36. The number of aromatic nitrogens is 1. The first-order valence-corrected chi connectivity index (χ1v) is 7.43. The number of rotatable bonds is 7. The number of halogens is 2. The van der Waals surface area contributed by atoms with Gasteiger partial charge in [-0.1, -0.05) is 6.07 Å². The number of pyridine rings is 1. The minimum Gasteiger partial charge on any atom is -0.467 e. The van der Waals surface area contributed by atoms with Crippen LogP contribution in [0.15, 0.2) is 35.1 Å². The van der Waals surface area contributed by atoms with E-state index in [1.807, 2.05) is 12.1 Å². The second-order valence-corrected chi connectivity index (χ2v) is 4.89. The van der Waals surface area contributed by atoms with Crippen LogP contribution in [-0.2, 0) is 13.1 Å². The molecule has 0 saturated heterocycles. The van der Waals surface area contributed by atoms with Crippen molar-refractivity contribution in [3.63, 3.8) is 0 Å². The van der Waals surface area contributed by atoms with E-state index in [9.17, 15) is 4.79 Å². The number of nitrogens with zero attached hydrogens (tertiary/aromatic N) is 2. The molecule has 2 heterocycles. The quantitative estimate of drug-likeness (QED) is 0.778. The van der Waals surface area contributed by atoms with Crippen molar-refractivity contribution in [3.8, 4) is 0 Å². The van der Waals surface area contributed by atoms with Crippen LogP contribution in [0.2, 0.25) is 0 Å². The molecule has 0 spiro atoms. The van der Waals surface area contributed by atoms with Gasteiger partial charge < -0.3 is 20.4 Å². The van der Waals surface area contributed by atoms with Gasteiger partial charge in [0.05, 0.1) is 12.1 Å². The molecule has 0 bridgehead atoms. The van der Waals surface area contributed by atoms with E-state index in [4.69, 9.17) is 10.2 Å². The molecule has 8 heteroatoms. The Labute approximate surface area is 154 Å². The number of nitrogens with two attached hydrogens (primary N) is 1. The second-order valence-electron chi connectivity index (χ2n) is 4.89. The zero-order chi connectivity index (χ0) is 15.9. The molecule has 0 aliphatic heterocycles. The van der Waals surface area contributed by atoms with Crippen LogP contribution in [0.4, 0.5) is 5.82 Å². The summed E-state index contributed by atoms with van der Waals surface area (Å²) in [5, 5.41) is 2.84. The zero-order valence-corrected chi connectivity index (χ0v) is 15.5. The topological polar surface area (TPSA) is 84.4 Å². The Morgan fingerprint density at radius 1 is 1.29 bits per heavy atom. The van der Waals surface area contributed by atoms with Crippen molar-refractivity contribution in [1.29, 1.82) is 0 Å². The number of carbonyl (C=O) groups excluding carboxylic acids is 1. The molecule has 24 heavy (non-hydrogen) atoms. The molecule has 2 rings (SSSR count). The average Bonchev–Trinajstić information content (AvgIpc) is 3.04. The fourth-order valence-corrected chi connectivity index (χ4v) is 2.15. The van der Waals surface area contributed by atoms with Gasteiger partial charge in [-0.25, -0.2) is 4.98 Å². The van der Waals surface area contributed by atoms with Crippen LogP contribution in [0.1, 0.15) is 35.5 Å². The highest BCUT2D eigenvalue weighted by atomic mass is 35.5. The maximum Gasteiger partial charge on any atom is 0.254 e. The van der Waals surface area contributed by atoms with Crippen LogP contribution >= 0.6 is 24.8 Å². The summed E-state index contributed by atoms with van der Waals surface area (Å²) in [7, 11) is 0. The number of furan rings is 1. The van der Waals surface area contributed by atoms with E-state index in [1.165, 1.54) is 6.26 Å². The van der Waals surface area contributed by atoms with E-state index in [0.29, 0.717) is 17.9 Å². The summed E-state index contributed by atoms with van der Waals surface area (Å²) in [6.07, 6.45) is 3.20. The minimum absolute atomic E-state index is 0. The van der Waals surface area contributed by atoms with E-state index in [2.05, 4.69) is 29.0 Å². The van der Waals surface area contributed by atoms with E-state index >= 15 is 0 Å². The molecule has 0 aromatic carbocycles. The number of amides is 1. The van der Waals surface area contributed by atoms with Gasteiger partial charge in [0, 0.05) is 25.8 Å². The molecule has 0 atom stereocenters. The molecule has 6 nitrogen and oxygen atoms in total. The third-order valence-corrected chi connectivity index (χ3v) is 3.47. The molecule has 3 N–H and O–H groups in total. The van der Waals surface area contributed by atoms with Gasteiger partial charge in [-0.05, 0) is 31.5 Å². The van der Waals surface area contributed by atoms with Gasteiger partial charge in [-0.2, -0.15) is 0 Å². The normalized spacial score (nSPS) is 9.62. The summed E-state index contributed by atoms with van der Waals surface area (Å²) in [6.45, 7) is 6.74. The van der Waals surface area contributed by atoms with E-state index in [1.54, 1.807) is 12.3 Å². The van der Waals surface area contributed by atoms with Crippen molar-refractivity contribution in [3.05, 3.63) is 47.5 Å². The highest BCUT2D eigenvalue weighted by Crippen LogP contribution is 2.11. The summed E-state index contributed by atoms with van der Waals surface area (Å²) in [6, 6.07) is 5.59. The number of hydrogen-bond acceptors (Lipinski definition) is 5. The van der Waals surface area contributed by atoms with Crippen LogP contribution in [0, 0.1) is 0 Å². The van der Waals surface area contributed by atoms with Crippen LogP contribution in [0.5, 0.6) is 0 Å². The number of hydrogen-bond donors (Lipinski definition) is 2. The third-order valence-electron chi connectivity index (χ3n) is 3.47. The van der Waals surface area contributed by atoms with Gasteiger partial charge >= 0.3 is 0 Å². The Kier molecular flexibility index (Phi) is 10.1. The monoisotopic (exact) mass is 374 g/mol. The highest BCUT2D eigenvalue weighted by molar-refractivity contribution is 5.93. The van der Waals surface area contributed by atoms with Gasteiger partial charge in [-0.15, -0.1) is 24.8 Å². The fourth-order valence-electron chi connectivity index (χ4n) is 2.15. The Morgan fingerprint density at radius 3 is 2.50 bits per heavy atom. The Bertz CT molecular complexity index is 613. The highest BCUT2D eigenvalue weighted by Gasteiger charge is 2.09. The maximum atomic E-state index is 12.0. The molecule has 0 fully saturated rings. The molecular formula is C16H24Cl2N4O2. The standard InChI is InChI=1S/C16H22N4O2.2ClH/c1-3-20(4-2)15-6-5-12(9-18-15)10-19-16(21)13-7-14(8-17)22-11-13;;/h5-7,9,11H,3-4,8,10,17H2,1-2H3,(H,19,21);2*1H. The molecule has 0 aliphatic carbocycles. The minimum atomic E-state index is -0.184. The van der Waals surface area contributed by atoms with Crippen LogP contribution in [0.3, 0.4) is 0 Å². The smallest absolute Gasteiger partial charge is 0.254 e. The zero-order valence-electron chi connectivity index (χ0n) is 13.8. The van der Waals surface area contributed by atoms with Crippen LogP contribution in [0.25, 0.3) is 0 Å². The molecule has 0 unspecified atom stereocenters. The largest absolute Gasteiger partial charge is 0.467 e. The molecule has 2 aromatic heterocycles. The summed E-state index contributed by atoms with van der Waals surface area (Å²) >= 11 is 0. The van der Waals surface area contributed by atoms with Gasteiger partial charge in [0.25, 0.3) is 5.91 Å². The van der Waals surface area contributed by atoms with Crippen molar-refractivity contribution in [2.75, 3.05) is 18.0 Å². The SMILES string of the molecule is CCN(CC)c1ccc(CNC(=O)c2coc(CN)c2)cn1.Cl.Cl. The summed E-state index contributed by atoms with van der Waals surface area (Å²) in [4.78, 5) is 18.6. The van der Waals surface area contributed by atoms with E-state index < -0.39 is 0 Å². The maximum absolute atomic E-state index is 12.0. The molecule has 1 amide bonds. The lowest BCUT2D eigenvalue weighted by Gasteiger charge is -2.19. The van der Waals surface area contributed by atoms with Gasteiger partial charge in [-0.3, -0.25) is 4.79 Å². The predicted molar refractivity (Wildman–Crippen MR) is 100 cm³/mol. The Morgan fingerprint density at radius 2 is 2.00 bits per heavy atom. The number of nitrogens with one attached hydrogen (secondary N) is 1. The Hall–Kier alpha value is -1.76. The van der Waals surface area contributed by atoms with Crippen molar-refractivity contribution in [2.45, 2.75) is 26.9 Å². The third kappa shape index (κ3) is 5.70. The summed E-state index contributed by atoms with van der Waals surface area (Å²) in [5.41, 5.74) is 6.88. The summed E-state index contributed by atoms with van der Waals surface area (Å²) < 4.78 is 5.15. The van der Waals surface area contributed by atoms with Gasteiger partial charge in [0.2, 0.25) is 0 Å². The van der Waals surface area contributed by atoms with Crippen LogP contribution < -0.4 is 16.0 Å². The lowest BCUT2D eigenvalue weighted by atomic mass is 10.2. The van der Waals surface area contributed by atoms with Crippen molar-refractivity contribution < 1.29 is 9.21 Å². The fraction of sp³-hybridized carbons (Fsp3) is 0.375. The lowest BCUT2D eigenvalue weighted by molar-refractivity contribution is 0.0950. The molecule has 0 radical (unpaired) electrons. The molecule has 0 aliphatic rings. The second kappa shape index (κ2) is 10.9. The van der Waals surface area contributed by atoms with Crippen molar-refractivity contribution in [1.82, 2.24) is 10.3 Å². The molecular weight excluding hydrogens is 351 g/mol. The van der Waals surface area contributed by atoms with Crippen LogP contribution in [-0.4, -0.2) is 24.0 Å². The first-order valence-electron chi connectivity index (χ1n) is 7.43. The average molecular weight is 375 g/mol. The number of anilines is 1. The van der Waals surface area contributed by atoms with E-state index in [0.717, 1.165) is 24.5 Å². The van der Waals surface area contributed by atoms with Gasteiger partial charge in [0.1, 0.15) is 17.8 Å². The van der Waals surface area contributed by atoms with E-state index in [-0.39, 0.29) is 37.3 Å².